The van der Waals surface area contributed by atoms with Gasteiger partial charge in [0, 0.05) is 6.04 Å². The molecular weight excluding hydrogens is 242 g/mol. The fourth-order valence-electron chi connectivity index (χ4n) is 2.89. The van der Waals surface area contributed by atoms with E-state index in [1.165, 1.54) is 43.2 Å². The van der Waals surface area contributed by atoms with Gasteiger partial charge in [0.25, 0.3) is 0 Å². The Labute approximate surface area is 118 Å². The maximum Gasteiger partial charge on any atom is 0.0323 e. The average Bonchev–Trinajstić information content (AvgIpc) is 2.39. The Morgan fingerprint density at radius 2 is 1.67 bits per heavy atom. The molecule has 0 spiro atoms. The van der Waals surface area contributed by atoms with Gasteiger partial charge in [0.05, 0.1) is 0 Å². The minimum atomic E-state index is 0. The van der Waals surface area contributed by atoms with E-state index in [4.69, 9.17) is 5.73 Å². The normalized spacial score (nSPS) is 18.4. The summed E-state index contributed by atoms with van der Waals surface area (Å²) in [5.41, 5.74) is 9.19. The summed E-state index contributed by atoms with van der Waals surface area (Å²) in [5, 5.41) is 0. The summed E-state index contributed by atoms with van der Waals surface area (Å²) in [6.07, 6.45) is 6.75. The zero-order valence-electron chi connectivity index (χ0n) is 11.6. The standard InChI is InChI=1S/C16H25N.ClH/c1-12(2)14-9-6-10-15(11-14)16(17)13-7-4-3-5-8-13;/h6,9-13,16H,3-5,7-8,17H2,1-2H3;1H/t16-;/m1./s1. The Bertz CT molecular complexity index is 356. The molecule has 1 saturated carbocycles. The van der Waals surface area contributed by atoms with E-state index < -0.39 is 0 Å². The summed E-state index contributed by atoms with van der Waals surface area (Å²) in [5.74, 6) is 1.29. The van der Waals surface area contributed by atoms with E-state index in [1.54, 1.807) is 0 Å². The van der Waals surface area contributed by atoms with Crippen LogP contribution in [0.1, 0.15) is 69.0 Å². The largest absolute Gasteiger partial charge is 0.324 e. The van der Waals surface area contributed by atoms with Crippen LogP contribution in [0.15, 0.2) is 24.3 Å². The first kappa shape index (κ1) is 15.5. The van der Waals surface area contributed by atoms with Crippen LogP contribution in [0, 0.1) is 5.92 Å². The summed E-state index contributed by atoms with van der Waals surface area (Å²) in [6, 6.07) is 9.12. The number of nitrogens with two attached hydrogens (primary N) is 1. The van der Waals surface area contributed by atoms with Crippen LogP contribution in [-0.4, -0.2) is 0 Å². The Kier molecular flexibility index (Phi) is 6.17. The van der Waals surface area contributed by atoms with Crippen molar-refractivity contribution in [3.63, 3.8) is 0 Å². The predicted molar refractivity (Wildman–Crippen MR) is 81.3 cm³/mol. The van der Waals surface area contributed by atoms with Crippen molar-refractivity contribution < 1.29 is 0 Å². The Balaban J connectivity index is 0.00000162. The van der Waals surface area contributed by atoms with Crippen molar-refractivity contribution in [1.82, 2.24) is 0 Å². The molecule has 0 amide bonds. The van der Waals surface area contributed by atoms with Crippen LogP contribution in [-0.2, 0) is 0 Å². The van der Waals surface area contributed by atoms with Crippen LogP contribution in [0.2, 0.25) is 0 Å². The number of hydrogen-bond acceptors (Lipinski definition) is 1. The van der Waals surface area contributed by atoms with Gasteiger partial charge in [0.2, 0.25) is 0 Å². The molecule has 0 radical (unpaired) electrons. The monoisotopic (exact) mass is 267 g/mol. The third-order valence-corrected chi connectivity index (χ3v) is 4.12. The third-order valence-electron chi connectivity index (χ3n) is 4.12. The topological polar surface area (TPSA) is 26.0 Å². The van der Waals surface area contributed by atoms with Gasteiger partial charge in [-0.3, -0.25) is 0 Å². The summed E-state index contributed by atoms with van der Waals surface area (Å²) < 4.78 is 0. The van der Waals surface area contributed by atoms with Crippen LogP contribution in [0.4, 0.5) is 0 Å². The summed E-state index contributed by atoms with van der Waals surface area (Å²) >= 11 is 0. The minimum Gasteiger partial charge on any atom is -0.324 e. The van der Waals surface area contributed by atoms with Gasteiger partial charge in [-0.05, 0) is 35.8 Å². The molecule has 1 aromatic carbocycles. The van der Waals surface area contributed by atoms with E-state index in [1.807, 2.05) is 0 Å². The quantitative estimate of drug-likeness (QED) is 0.835. The molecule has 0 aliphatic heterocycles. The van der Waals surface area contributed by atoms with E-state index >= 15 is 0 Å². The molecule has 1 aliphatic carbocycles. The highest BCUT2D eigenvalue weighted by Crippen LogP contribution is 2.33. The van der Waals surface area contributed by atoms with Gasteiger partial charge >= 0.3 is 0 Å². The van der Waals surface area contributed by atoms with Crippen molar-refractivity contribution >= 4 is 12.4 Å². The number of benzene rings is 1. The lowest BCUT2D eigenvalue weighted by atomic mass is 9.81. The van der Waals surface area contributed by atoms with Crippen LogP contribution < -0.4 is 5.73 Å². The molecule has 2 N–H and O–H groups in total. The molecule has 1 atom stereocenters. The SMILES string of the molecule is CC(C)c1cccc([C@H](N)C2CCCCC2)c1.Cl. The van der Waals surface area contributed by atoms with Crippen molar-refractivity contribution in [2.24, 2.45) is 11.7 Å². The van der Waals surface area contributed by atoms with E-state index in [-0.39, 0.29) is 18.4 Å². The summed E-state index contributed by atoms with van der Waals surface area (Å²) in [4.78, 5) is 0. The molecule has 1 aliphatic rings. The van der Waals surface area contributed by atoms with Crippen molar-refractivity contribution in [2.75, 3.05) is 0 Å². The predicted octanol–water partition coefficient (Wildman–Crippen LogP) is 4.81. The van der Waals surface area contributed by atoms with Crippen LogP contribution in [0.5, 0.6) is 0 Å². The van der Waals surface area contributed by atoms with E-state index in [9.17, 15) is 0 Å². The molecule has 0 aromatic heterocycles. The van der Waals surface area contributed by atoms with Crippen LogP contribution in [0.25, 0.3) is 0 Å². The molecule has 1 nitrogen and oxygen atoms in total. The smallest absolute Gasteiger partial charge is 0.0323 e. The van der Waals surface area contributed by atoms with Gasteiger partial charge in [-0.1, -0.05) is 57.4 Å². The third kappa shape index (κ3) is 3.73. The maximum absolute atomic E-state index is 6.44. The second kappa shape index (κ2) is 7.16. The highest BCUT2D eigenvalue weighted by atomic mass is 35.5. The molecule has 0 unspecified atom stereocenters. The van der Waals surface area contributed by atoms with E-state index in [2.05, 4.69) is 38.1 Å². The lowest BCUT2D eigenvalue weighted by molar-refractivity contribution is 0.308. The first-order valence-electron chi connectivity index (χ1n) is 7.04. The van der Waals surface area contributed by atoms with Gasteiger partial charge in [0.15, 0.2) is 0 Å². The molecule has 2 rings (SSSR count). The summed E-state index contributed by atoms with van der Waals surface area (Å²) in [7, 11) is 0. The zero-order valence-corrected chi connectivity index (χ0v) is 12.4. The summed E-state index contributed by atoms with van der Waals surface area (Å²) in [6.45, 7) is 4.48. The molecule has 18 heavy (non-hydrogen) atoms. The van der Waals surface area contributed by atoms with E-state index in [0.29, 0.717) is 11.8 Å². The highest BCUT2D eigenvalue weighted by Gasteiger charge is 2.21. The molecule has 1 fully saturated rings. The number of halogens is 1. The Hall–Kier alpha value is -0.530. The molecule has 1 aromatic rings. The second-order valence-corrected chi connectivity index (χ2v) is 5.75. The zero-order chi connectivity index (χ0) is 12.3. The Morgan fingerprint density at radius 3 is 2.28 bits per heavy atom. The molecular formula is C16H26ClN. The minimum absolute atomic E-state index is 0. The highest BCUT2D eigenvalue weighted by molar-refractivity contribution is 5.85. The van der Waals surface area contributed by atoms with Gasteiger partial charge in [-0.15, -0.1) is 12.4 Å². The van der Waals surface area contributed by atoms with Gasteiger partial charge in [-0.2, -0.15) is 0 Å². The fraction of sp³-hybridized carbons (Fsp3) is 0.625. The van der Waals surface area contributed by atoms with Crippen LogP contribution >= 0.6 is 12.4 Å². The van der Waals surface area contributed by atoms with Crippen molar-refractivity contribution in [1.29, 1.82) is 0 Å². The number of hydrogen-bond donors (Lipinski definition) is 1. The van der Waals surface area contributed by atoms with Gasteiger partial charge < -0.3 is 5.73 Å². The van der Waals surface area contributed by atoms with E-state index in [0.717, 1.165) is 0 Å². The van der Waals surface area contributed by atoms with Gasteiger partial charge in [0.1, 0.15) is 0 Å². The van der Waals surface area contributed by atoms with Crippen LogP contribution in [0.3, 0.4) is 0 Å². The lowest BCUT2D eigenvalue weighted by Gasteiger charge is -2.28. The first-order chi connectivity index (χ1) is 8.18. The molecule has 102 valence electrons. The fourth-order valence-corrected chi connectivity index (χ4v) is 2.89. The lowest BCUT2D eigenvalue weighted by Crippen LogP contribution is -2.23. The van der Waals surface area contributed by atoms with Gasteiger partial charge in [-0.25, -0.2) is 0 Å². The average molecular weight is 268 g/mol. The Morgan fingerprint density at radius 1 is 1.06 bits per heavy atom. The molecule has 2 heteroatoms. The molecule has 0 heterocycles. The molecule has 0 saturated heterocycles. The number of rotatable bonds is 3. The molecule has 0 bridgehead atoms. The van der Waals surface area contributed by atoms with Crippen molar-refractivity contribution in [3.05, 3.63) is 35.4 Å². The van der Waals surface area contributed by atoms with Crippen molar-refractivity contribution in [2.45, 2.75) is 57.9 Å². The second-order valence-electron chi connectivity index (χ2n) is 5.75. The first-order valence-corrected chi connectivity index (χ1v) is 7.04. The van der Waals surface area contributed by atoms with Crippen molar-refractivity contribution in [3.8, 4) is 0 Å². The maximum atomic E-state index is 6.44.